The molecule has 6 rings (SSSR count). The van der Waals surface area contributed by atoms with Gasteiger partial charge in [-0.2, -0.15) is 0 Å². The summed E-state index contributed by atoms with van der Waals surface area (Å²) >= 11 is 0. The van der Waals surface area contributed by atoms with E-state index in [1.165, 1.54) is 84.2 Å². The highest BCUT2D eigenvalue weighted by Gasteiger charge is 2.31. The molecule has 1 unspecified atom stereocenters. The minimum Gasteiger partial charge on any atom is -0.310 e. The summed E-state index contributed by atoms with van der Waals surface area (Å²) in [6.07, 6.45) is 1.15. The van der Waals surface area contributed by atoms with Gasteiger partial charge in [-0.15, -0.1) is 0 Å². The van der Waals surface area contributed by atoms with E-state index in [0.29, 0.717) is 5.92 Å². The third kappa shape index (κ3) is 9.83. The van der Waals surface area contributed by atoms with Crippen molar-refractivity contribution in [3.05, 3.63) is 166 Å². The van der Waals surface area contributed by atoms with Crippen LogP contribution < -0.4 is 9.80 Å². The smallest absolute Gasteiger partial charge is 0.0491 e. The van der Waals surface area contributed by atoms with Crippen LogP contribution in [-0.2, 0) is 0 Å². The van der Waals surface area contributed by atoms with Crippen molar-refractivity contribution >= 4 is 34.1 Å². The monoisotopic (exact) mass is 743 g/mol. The lowest BCUT2D eigenvalue weighted by Crippen LogP contribution is -2.24. The number of hydrogen-bond donors (Lipinski definition) is 0. The molecule has 0 aliphatic rings. The number of benzene rings is 6. The molecular formula is C54H66N2. The quantitative estimate of drug-likeness (QED) is 0.146. The van der Waals surface area contributed by atoms with Crippen molar-refractivity contribution in [1.29, 1.82) is 0 Å². The first-order chi connectivity index (χ1) is 26.5. The fourth-order valence-electron chi connectivity index (χ4n) is 8.01. The molecule has 0 saturated heterocycles. The zero-order valence-electron chi connectivity index (χ0n) is 36.8. The molecule has 2 heteroatoms. The average molecular weight is 743 g/mol. The molecule has 56 heavy (non-hydrogen) atoms. The number of nitrogens with zero attached hydrogens (tertiary/aromatic N) is 2. The maximum Gasteiger partial charge on any atom is 0.0491 e. The highest BCUT2D eigenvalue weighted by molar-refractivity contribution is 5.83. The van der Waals surface area contributed by atoms with E-state index in [1.807, 2.05) is 13.8 Å². The third-order valence-electron chi connectivity index (χ3n) is 10.7. The Morgan fingerprint density at radius 2 is 0.821 bits per heavy atom. The van der Waals surface area contributed by atoms with Crippen LogP contribution in [0.4, 0.5) is 34.1 Å². The molecule has 0 bridgehead atoms. The SMILES string of the molecule is CC.Cc1cccc(N(c2cccc(C)c2)c2ccc(-c3ccc(N(c4cccc(C)c4)c4ccc(C(CC(C)(C)C)C(C)(C)C)c(C)c4)c(C)c3)cc2C)c1. The molecule has 6 aromatic rings. The molecule has 0 N–H and O–H groups in total. The van der Waals surface area contributed by atoms with Crippen LogP contribution in [0.5, 0.6) is 0 Å². The van der Waals surface area contributed by atoms with E-state index in [9.17, 15) is 0 Å². The third-order valence-corrected chi connectivity index (χ3v) is 10.7. The molecule has 0 aromatic heterocycles. The molecule has 6 aromatic carbocycles. The van der Waals surface area contributed by atoms with E-state index in [0.717, 1.165) is 6.42 Å². The molecule has 0 spiro atoms. The van der Waals surface area contributed by atoms with Gasteiger partial charge < -0.3 is 9.80 Å². The summed E-state index contributed by atoms with van der Waals surface area (Å²) in [5, 5.41) is 0. The highest BCUT2D eigenvalue weighted by Crippen LogP contribution is 2.46. The first kappa shape index (κ1) is 42.1. The predicted octanol–water partition coefficient (Wildman–Crippen LogP) is 16.7. The van der Waals surface area contributed by atoms with Crippen LogP contribution in [0, 0.1) is 52.4 Å². The summed E-state index contributed by atoms with van der Waals surface area (Å²) < 4.78 is 0. The van der Waals surface area contributed by atoms with Gasteiger partial charge in [0, 0.05) is 34.1 Å². The van der Waals surface area contributed by atoms with Gasteiger partial charge in [0.1, 0.15) is 0 Å². The molecule has 0 saturated carbocycles. The number of hydrogen-bond acceptors (Lipinski definition) is 2. The van der Waals surface area contributed by atoms with Crippen LogP contribution in [0.1, 0.15) is 107 Å². The lowest BCUT2D eigenvalue weighted by atomic mass is 9.68. The predicted molar refractivity (Wildman–Crippen MR) is 247 cm³/mol. The zero-order valence-corrected chi connectivity index (χ0v) is 36.8. The molecule has 0 heterocycles. The standard InChI is InChI=1S/C52H60N2.C2H6/c1-35-16-13-19-43(28-35)53(44-20-14-17-36(2)29-44)49-26-22-41(31-39(49)5)42-23-27-50(40(6)32-42)54(45-21-15-18-37(3)30-45)46-24-25-47(38(4)33-46)48(52(10,11)12)34-51(7,8)9;1-2/h13-33,48H,34H2,1-12H3;1-2H3. The largest absolute Gasteiger partial charge is 0.310 e. The van der Waals surface area contributed by atoms with E-state index >= 15 is 0 Å². The molecule has 0 aliphatic carbocycles. The molecule has 0 fully saturated rings. The summed E-state index contributed by atoms with van der Waals surface area (Å²) in [6.45, 7) is 31.5. The summed E-state index contributed by atoms with van der Waals surface area (Å²) in [6, 6.07) is 47.4. The maximum atomic E-state index is 2.44. The fourth-order valence-corrected chi connectivity index (χ4v) is 8.01. The molecule has 0 aliphatic heterocycles. The van der Waals surface area contributed by atoms with Crippen molar-refractivity contribution in [2.45, 2.75) is 109 Å². The van der Waals surface area contributed by atoms with Crippen LogP contribution in [0.15, 0.2) is 127 Å². The van der Waals surface area contributed by atoms with Crippen LogP contribution >= 0.6 is 0 Å². The molecule has 1 atom stereocenters. The lowest BCUT2D eigenvalue weighted by Gasteiger charge is -2.37. The van der Waals surface area contributed by atoms with Crippen LogP contribution in [0.25, 0.3) is 11.1 Å². The minimum absolute atomic E-state index is 0.165. The summed E-state index contributed by atoms with van der Waals surface area (Å²) in [5.74, 6) is 0.468. The van der Waals surface area contributed by atoms with Gasteiger partial charge in [0.05, 0.1) is 0 Å². The lowest BCUT2D eigenvalue weighted by molar-refractivity contribution is 0.228. The van der Waals surface area contributed by atoms with Crippen molar-refractivity contribution in [1.82, 2.24) is 0 Å². The van der Waals surface area contributed by atoms with Gasteiger partial charge in [0.15, 0.2) is 0 Å². The van der Waals surface area contributed by atoms with Crippen LogP contribution in [0.2, 0.25) is 0 Å². The van der Waals surface area contributed by atoms with Crippen molar-refractivity contribution in [3.8, 4) is 11.1 Å². The number of anilines is 6. The van der Waals surface area contributed by atoms with E-state index in [1.54, 1.807) is 0 Å². The fraction of sp³-hybridized carbons (Fsp3) is 0.333. The Kier molecular flexibility index (Phi) is 13.1. The molecule has 2 nitrogen and oxygen atoms in total. The summed E-state index contributed by atoms with van der Waals surface area (Å²) in [7, 11) is 0. The Morgan fingerprint density at radius 1 is 0.429 bits per heavy atom. The highest BCUT2D eigenvalue weighted by atomic mass is 15.1. The topological polar surface area (TPSA) is 6.48 Å². The van der Waals surface area contributed by atoms with Gasteiger partial charge in [0.2, 0.25) is 0 Å². The Labute approximate surface area is 340 Å². The first-order valence-corrected chi connectivity index (χ1v) is 20.6. The van der Waals surface area contributed by atoms with Crippen molar-refractivity contribution in [3.63, 3.8) is 0 Å². The van der Waals surface area contributed by atoms with Crippen molar-refractivity contribution in [2.24, 2.45) is 10.8 Å². The van der Waals surface area contributed by atoms with Gasteiger partial charge in [-0.1, -0.05) is 110 Å². The van der Waals surface area contributed by atoms with E-state index in [4.69, 9.17) is 0 Å². The van der Waals surface area contributed by atoms with Crippen LogP contribution in [-0.4, -0.2) is 0 Å². The number of aryl methyl sites for hydroxylation is 6. The van der Waals surface area contributed by atoms with Crippen molar-refractivity contribution < 1.29 is 0 Å². The van der Waals surface area contributed by atoms with Gasteiger partial charge in [-0.25, -0.2) is 0 Å². The van der Waals surface area contributed by atoms with E-state index in [2.05, 4.69) is 220 Å². The first-order valence-electron chi connectivity index (χ1n) is 20.6. The Balaban J connectivity index is 0.00000295. The second kappa shape index (κ2) is 17.4. The van der Waals surface area contributed by atoms with Crippen LogP contribution in [0.3, 0.4) is 0 Å². The summed E-state index contributed by atoms with van der Waals surface area (Å²) in [5.41, 5.74) is 18.9. The van der Waals surface area contributed by atoms with Crippen molar-refractivity contribution in [2.75, 3.05) is 9.80 Å². The summed E-state index contributed by atoms with van der Waals surface area (Å²) in [4.78, 5) is 4.82. The van der Waals surface area contributed by atoms with Gasteiger partial charge >= 0.3 is 0 Å². The maximum absolute atomic E-state index is 2.44. The minimum atomic E-state index is 0.165. The van der Waals surface area contributed by atoms with Gasteiger partial charge in [-0.3, -0.25) is 0 Å². The Hall–Kier alpha value is -5.08. The molecular weight excluding hydrogens is 677 g/mol. The Morgan fingerprint density at radius 3 is 1.14 bits per heavy atom. The van der Waals surface area contributed by atoms with E-state index in [-0.39, 0.29) is 10.8 Å². The average Bonchev–Trinajstić information content (AvgIpc) is 3.13. The molecule has 0 amide bonds. The second-order valence-corrected chi connectivity index (χ2v) is 17.9. The van der Waals surface area contributed by atoms with E-state index < -0.39 is 0 Å². The zero-order chi connectivity index (χ0) is 40.9. The normalized spacial score (nSPS) is 12.1. The molecule has 0 radical (unpaired) electrons. The Bertz CT molecular complexity index is 2220. The van der Waals surface area contributed by atoms with Gasteiger partial charge in [-0.05, 0) is 188 Å². The second-order valence-electron chi connectivity index (χ2n) is 17.9. The van der Waals surface area contributed by atoms with Gasteiger partial charge in [0.25, 0.3) is 0 Å². The number of rotatable bonds is 9. The molecule has 292 valence electrons.